The molecule has 0 saturated carbocycles. The first-order valence-corrected chi connectivity index (χ1v) is 6.00. The molecule has 0 aromatic rings. The lowest BCUT2D eigenvalue weighted by Gasteiger charge is -2.30. The fraction of sp³-hybridized carbons (Fsp3) is 0.417. The molecule has 2 aliphatic rings. The minimum Gasteiger partial charge on any atom is -0.391 e. The zero-order valence-corrected chi connectivity index (χ0v) is 11.0. The molecule has 4 atom stereocenters. The molecule has 2 aliphatic heterocycles. The van der Waals surface area contributed by atoms with Crippen LogP contribution >= 0.6 is 0 Å². The van der Waals surface area contributed by atoms with E-state index in [1.165, 1.54) is 11.0 Å². The third-order valence-corrected chi connectivity index (χ3v) is 3.31. The van der Waals surface area contributed by atoms with Crippen LogP contribution in [0.5, 0.6) is 0 Å². The van der Waals surface area contributed by atoms with Crippen molar-refractivity contribution < 1.29 is 14.9 Å². The van der Waals surface area contributed by atoms with Crippen molar-refractivity contribution in [3.8, 4) is 12.3 Å². The largest absolute Gasteiger partial charge is 0.391 e. The summed E-state index contributed by atoms with van der Waals surface area (Å²) in [5, 5.41) is 23.2. The zero-order valence-electron chi connectivity index (χ0n) is 11.0. The Morgan fingerprint density at radius 3 is 3.00 bits per heavy atom. The lowest BCUT2D eigenvalue weighted by Crippen LogP contribution is -2.43. The van der Waals surface area contributed by atoms with Crippen LogP contribution in [-0.4, -0.2) is 45.6 Å². The molecule has 0 bridgehead atoms. The Balaban J connectivity index is 2.37. The highest BCUT2D eigenvalue weighted by atomic mass is 16.6. The Bertz CT molecular complexity index is 603. The van der Waals surface area contributed by atoms with Gasteiger partial charge in [-0.15, -0.1) is 6.42 Å². The average Bonchev–Trinajstić information content (AvgIpc) is 2.72. The highest BCUT2D eigenvalue weighted by Crippen LogP contribution is 2.39. The van der Waals surface area contributed by atoms with Gasteiger partial charge in [-0.25, -0.2) is 4.99 Å². The van der Waals surface area contributed by atoms with Crippen LogP contribution in [0.2, 0.25) is 0 Å². The number of ether oxygens (including phenoxy) is 1. The van der Waals surface area contributed by atoms with Gasteiger partial charge in [-0.05, 0) is 6.08 Å². The van der Waals surface area contributed by atoms with Crippen molar-refractivity contribution >= 4 is 5.84 Å². The summed E-state index contributed by atoms with van der Waals surface area (Å²) in [6.45, 7) is 3.05. The van der Waals surface area contributed by atoms with E-state index in [0.717, 1.165) is 0 Å². The molecule has 1 saturated heterocycles. The normalized spacial score (nSPS) is 35.1. The molecule has 0 amide bonds. The van der Waals surface area contributed by atoms with Gasteiger partial charge in [-0.1, -0.05) is 12.5 Å². The third kappa shape index (κ3) is 2.33. The van der Waals surface area contributed by atoms with Crippen LogP contribution in [0.1, 0.15) is 0 Å². The van der Waals surface area contributed by atoms with Crippen molar-refractivity contribution in [1.29, 1.82) is 5.53 Å². The monoisotopic (exact) mass is 291 g/mol. The van der Waals surface area contributed by atoms with Gasteiger partial charge in [-0.3, -0.25) is 0 Å². The van der Waals surface area contributed by atoms with Gasteiger partial charge >= 0.3 is 0 Å². The van der Waals surface area contributed by atoms with Crippen LogP contribution < -0.4 is 10.6 Å². The number of aliphatic imine (C=N–C) groups is 1. The number of nitrogens with two attached hydrogens (primary N) is 1. The van der Waals surface area contributed by atoms with E-state index in [2.05, 4.69) is 27.5 Å². The van der Waals surface area contributed by atoms with E-state index in [0.29, 0.717) is 0 Å². The van der Waals surface area contributed by atoms with Crippen molar-refractivity contribution in [3.05, 3.63) is 24.7 Å². The lowest BCUT2D eigenvalue weighted by molar-refractivity contribution is -0.133. The second-order valence-corrected chi connectivity index (χ2v) is 4.52. The molecule has 110 valence electrons. The van der Waals surface area contributed by atoms with E-state index < -0.39 is 30.6 Å². The molecular formula is C12H15N6O3+. The number of amidine groups is 1. The number of aliphatic hydroxyl groups is 2. The summed E-state index contributed by atoms with van der Waals surface area (Å²) in [6.07, 6.45) is 6.30. The molecule has 2 rings (SSSR count). The Hall–Kier alpha value is -2.50. The van der Waals surface area contributed by atoms with Gasteiger partial charge in [0.05, 0.1) is 5.92 Å². The van der Waals surface area contributed by atoms with Crippen molar-refractivity contribution in [1.82, 2.24) is 9.81 Å². The Morgan fingerprint density at radius 2 is 2.48 bits per heavy atom. The van der Waals surface area contributed by atoms with Gasteiger partial charge in [0.15, 0.2) is 11.3 Å². The maximum Gasteiger partial charge on any atom is 0.294 e. The lowest BCUT2D eigenvalue weighted by atomic mass is 9.96. The van der Waals surface area contributed by atoms with Crippen molar-refractivity contribution in [2.24, 2.45) is 21.8 Å². The molecule has 0 aliphatic carbocycles. The van der Waals surface area contributed by atoms with Crippen LogP contribution in [0.15, 0.2) is 34.8 Å². The minimum absolute atomic E-state index is 0.268. The molecule has 0 spiro atoms. The van der Waals surface area contributed by atoms with E-state index in [9.17, 15) is 10.2 Å². The van der Waals surface area contributed by atoms with Crippen LogP contribution in [-0.2, 0) is 4.74 Å². The van der Waals surface area contributed by atoms with Gasteiger partial charge in [0.1, 0.15) is 29.9 Å². The number of nitrogens with zero attached hydrogens (tertiary/aromatic N) is 4. The van der Waals surface area contributed by atoms with E-state index >= 15 is 0 Å². The van der Waals surface area contributed by atoms with Gasteiger partial charge in [0.2, 0.25) is 4.91 Å². The first-order chi connectivity index (χ1) is 9.99. The van der Waals surface area contributed by atoms with Crippen LogP contribution in [0.4, 0.5) is 0 Å². The molecule has 0 unspecified atom stereocenters. The molecular weight excluding hydrogens is 276 g/mol. The Kier molecular flexibility index (Phi) is 3.88. The minimum atomic E-state index is -1.79. The first-order valence-electron chi connectivity index (χ1n) is 6.00. The molecule has 0 aromatic carbocycles. The molecule has 2 heterocycles. The van der Waals surface area contributed by atoms with Crippen LogP contribution in [0.25, 0.3) is 0 Å². The van der Waals surface area contributed by atoms with Crippen LogP contribution in [0, 0.1) is 23.8 Å². The molecule has 1 fully saturated rings. The SMILES string of the molecule is C#C[C@@H]1[C@H](N2C=CC(N)=NC2=C)O[C@@](CO)(N=[N+]=N)[C@H]1O. The fourth-order valence-electron chi connectivity index (χ4n) is 2.24. The number of hydrogen-bond donors (Lipinski definition) is 4. The highest BCUT2D eigenvalue weighted by molar-refractivity contribution is 5.92. The van der Waals surface area contributed by atoms with Crippen molar-refractivity contribution in [3.63, 3.8) is 0 Å². The summed E-state index contributed by atoms with van der Waals surface area (Å²) in [5.41, 5.74) is 10.6. The highest BCUT2D eigenvalue weighted by Gasteiger charge is 2.60. The Labute approximate surface area is 120 Å². The van der Waals surface area contributed by atoms with Gasteiger partial charge < -0.3 is 25.6 Å². The molecule has 9 nitrogen and oxygen atoms in total. The molecule has 0 aromatic heterocycles. The third-order valence-electron chi connectivity index (χ3n) is 3.31. The zero-order chi connectivity index (χ0) is 15.6. The number of aliphatic hydroxyl groups excluding tert-OH is 2. The maximum atomic E-state index is 10.3. The number of nitrogens with one attached hydrogen (secondary N) is 1. The summed E-state index contributed by atoms with van der Waals surface area (Å²) >= 11 is 0. The summed E-state index contributed by atoms with van der Waals surface area (Å²) in [5.74, 6) is 2.10. The Morgan fingerprint density at radius 1 is 1.76 bits per heavy atom. The topological polar surface area (TPSA) is 142 Å². The second kappa shape index (κ2) is 5.47. The summed E-state index contributed by atoms with van der Waals surface area (Å²) in [6, 6.07) is 0. The number of hydrogen-bond acceptors (Lipinski definition) is 8. The van der Waals surface area contributed by atoms with Gasteiger partial charge in [-0.2, -0.15) is 0 Å². The fourth-order valence-corrected chi connectivity index (χ4v) is 2.24. The number of terminal acetylenes is 1. The van der Waals surface area contributed by atoms with Gasteiger partial charge in [0, 0.05) is 6.20 Å². The molecule has 21 heavy (non-hydrogen) atoms. The van der Waals surface area contributed by atoms with Crippen molar-refractivity contribution in [2.45, 2.75) is 18.1 Å². The smallest absolute Gasteiger partial charge is 0.294 e. The van der Waals surface area contributed by atoms with Gasteiger partial charge in [0.25, 0.3) is 5.72 Å². The molecule has 5 N–H and O–H groups in total. The van der Waals surface area contributed by atoms with Crippen LogP contribution in [0.3, 0.4) is 0 Å². The van der Waals surface area contributed by atoms with E-state index in [1.807, 2.05) is 0 Å². The quantitative estimate of drug-likeness (QED) is 0.295. The summed E-state index contributed by atoms with van der Waals surface area (Å²) in [4.78, 5) is 8.30. The first kappa shape index (κ1) is 14.9. The number of rotatable bonds is 3. The van der Waals surface area contributed by atoms with Crippen molar-refractivity contribution in [2.75, 3.05) is 6.61 Å². The molecule has 9 heteroatoms. The second-order valence-electron chi connectivity index (χ2n) is 4.52. The van der Waals surface area contributed by atoms with E-state index in [4.69, 9.17) is 22.4 Å². The molecule has 0 radical (unpaired) electrons. The standard InChI is InChI=1S/C12H15N6O3/c1-3-8-10(20)12(6-19,16-17-14)21-11(8)18-5-4-9(13)15-7(18)2/h1,4-5,8,10-11,14,19-20H,2,6H2,(H2,13,15)/q+1/t8-,10-,11+,12+/m0/s1. The predicted molar refractivity (Wildman–Crippen MR) is 72.0 cm³/mol. The van der Waals surface area contributed by atoms with E-state index in [1.54, 1.807) is 6.20 Å². The average molecular weight is 291 g/mol. The summed E-state index contributed by atoms with van der Waals surface area (Å²) in [7, 11) is 0. The predicted octanol–water partition coefficient (Wildman–Crippen LogP) is -1.15. The summed E-state index contributed by atoms with van der Waals surface area (Å²) < 4.78 is 5.58. The van der Waals surface area contributed by atoms with E-state index in [-0.39, 0.29) is 11.7 Å². The maximum absolute atomic E-state index is 10.3.